The van der Waals surface area contributed by atoms with Gasteiger partial charge >= 0.3 is 0 Å². The zero-order chi connectivity index (χ0) is 22.2. The van der Waals surface area contributed by atoms with Gasteiger partial charge in [0, 0.05) is 50.7 Å². The molecule has 0 radical (unpaired) electrons. The Morgan fingerprint density at radius 2 is 2.26 bits per heavy atom. The maximum Gasteiger partial charge on any atom is 0.253 e. The SMILES string of the molecule is CC#C/C=C\c1c([C@@H](C)N(C(=O)[C@H]2CNCCO2)C2CC2)nn(CCCCOC)c1C. The second-order valence-electron chi connectivity index (χ2n) is 8.25. The fourth-order valence-electron chi connectivity index (χ4n) is 4.09. The summed E-state index contributed by atoms with van der Waals surface area (Å²) in [5.74, 6) is 5.98. The molecule has 1 saturated heterocycles. The molecule has 1 aliphatic heterocycles. The first-order valence-corrected chi connectivity index (χ1v) is 11.4. The Morgan fingerprint density at radius 3 is 2.90 bits per heavy atom. The van der Waals surface area contributed by atoms with E-state index in [1.807, 2.05) is 24.0 Å². The van der Waals surface area contributed by atoms with Gasteiger partial charge in [0.15, 0.2) is 0 Å². The Kier molecular flexibility index (Phi) is 8.70. The number of amides is 1. The minimum Gasteiger partial charge on any atom is -0.385 e. The summed E-state index contributed by atoms with van der Waals surface area (Å²) in [4.78, 5) is 15.4. The highest BCUT2D eigenvalue weighted by Crippen LogP contribution is 2.36. The Balaban J connectivity index is 1.87. The van der Waals surface area contributed by atoms with Gasteiger partial charge in [0.1, 0.15) is 6.10 Å². The van der Waals surface area contributed by atoms with E-state index in [1.165, 1.54) is 0 Å². The molecule has 0 spiro atoms. The summed E-state index contributed by atoms with van der Waals surface area (Å²) in [6, 6.07) is 0.145. The first kappa shape index (κ1) is 23.5. The highest BCUT2D eigenvalue weighted by molar-refractivity contribution is 5.82. The summed E-state index contributed by atoms with van der Waals surface area (Å²) >= 11 is 0. The summed E-state index contributed by atoms with van der Waals surface area (Å²) in [6.07, 6.45) is 7.55. The van der Waals surface area contributed by atoms with Gasteiger partial charge in [-0.2, -0.15) is 5.10 Å². The van der Waals surface area contributed by atoms with E-state index in [2.05, 4.69) is 35.7 Å². The molecule has 0 bridgehead atoms. The molecule has 1 saturated carbocycles. The molecule has 1 N–H and O–H groups in total. The number of unbranched alkanes of at least 4 members (excludes halogenated alkanes) is 1. The van der Waals surface area contributed by atoms with Gasteiger partial charge in [-0.25, -0.2) is 0 Å². The van der Waals surface area contributed by atoms with Gasteiger partial charge < -0.3 is 19.7 Å². The van der Waals surface area contributed by atoms with Crippen LogP contribution in [0.5, 0.6) is 0 Å². The van der Waals surface area contributed by atoms with Crippen molar-refractivity contribution in [1.29, 1.82) is 0 Å². The van der Waals surface area contributed by atoms with Gasteiger partial charge in [0.25, 0.3) is 5.91 Å². The molecular weight excluding hydrogens is 392 g/mol. The van der Waals surface area contributed by atoms with E-state index in [-0.39, 0.29) is 18.0 Å². The molecule has 0 unspecified atom stereocenters. The Bertz CT molecular complexity index is 826. The third kappa shape index (κ3) is 5.97. The molecule has 3 rings (SSSR count). The third-order valence-corrected chi connectivity index (χ3v) is 5.94. The van der Waals surface area contributed by atoms with E-state index in [1.54, 1.807) is 7.11 Å². The molecule has 1 amide bonds. The number of methoxy groups -OCH3 is 1. The van der Waals surface area contributed by atoms with Crippen molar-refractivity contribution >= 4 is 12.0 Å². The molecule has 31 heavy (non-hydrogen) atoms. The number of nitrogens with zero attached hydrogens (tertiary/aromatic N) is 3. The Labute approximate surface area is 186 Å². The molecule has 7 heteroatoms. The topological polar surface area (TPSA) is 68.6 Å². The number of morpholine rings is 1. The number of nitrogens with one attached hydrogen (secondary N) is 1. The lowest BCUT2D eigenvalue weighted by Gasteiger charge is -2.33. The average Bonchev–Trinajstić information content (AvgIpc) is 3.57. The fourth-order valence-corrected chi connectivity index (χ4v) is 4.09. The number of aromatic nitrogens is 2. The monoisotopic (exact) mass is 428 g/mol. The molecular formula is C24H36N4O3. The molecule has 170 valence electrons. The number of ether oxygens (including phenoxy) is 2. The van der Waals surface area contributed by atoms with Crippen LogP contribution in [0.1, 0.15) is 62.5 Å². The van der Waals surface area contributed by atoms with Crippen LogP contribution in [0, 0.1) is 18.8 Å². The van der Waals surface area contributed by atoms with Crippen molar-refractivity contribution in [2.45, 2.75) is 71.2 Å². The highest BCUT2D eigenvalue weighted by atomic mass is 16.5. The van der Waals surface area contributed by atoms with Gasteiger partial charge in [-0.15, -0.1) is 5.92 Å². The molecule has 2 fully saturated rings. The van der Waals surface area contributed by atoms with Crippen LogP contribution in [0.25, 0.3) is 6.08 Å². The summed E-state index contributed by atoms with van der Waals surface area (Å²) in [5.41, 5.74) is 3.10. The second kappa shape index (κ2) is 11.5. The van der Waals surface area contributed by atoms with Crippen molar-refractivity contribution in [3.8, 4) is 11.8 Å². The van der Waals surface area contributed by atoms with E-state index in [4.69, 9.17) is 14.6 Å². The predicted molar refractivity (Wildman–Crippen MR) is 121 cm³/mol. The standard InChI is InChI=1S/C24H36N4O3/c1-5-6-7-10-21-18(2)27(14-8-9-15-30-4)26-23(21)19(3)28(20-11-12-20)24(29)22-17-25-13-16-31-22/h7,10,19-20,22,25H,8-9,11-17H2,1-4H3/b10-7-/t19-,22-/m1/s1. The summed E-state index contributed by atoms with van der Waals surface area (Å²) < 4.78 is 13.0. The van der Waals surface area contributed by atoms with Crippen molar-refractivity contribution in [3.63, 3.8) is 0 Å². The van der Waals surface area contributed by atoms with Crippen molar-refractivity contribution in [3.05, 3.63) is 23.0 Å². The number of hydrogen-bond acceptors (Lipinski definition) is 5. The van der Waals surface area contributed by atoms with Crippen LogP contribution >= 0.6 is 0 Å². The molecule has 2 atom stereocenters. The molecule has 1 aliphatic carbocycles. The van der Waals surface area contributed by atoms with Crippen molar-refractivity contribution in [2.24, 2.45) is 0 Å². The van der Waals surface area contributed by atoms with E-state index in [0.29, 0.717) is 13.2 Å². The van der Waals surface area contributed by atoms with Gasteiger partial charge in [-0.1, -0.05) is 5.92 Å². The quantitative estimate of drug-likeness (QED) is 0.458. The van der Waals surface area contributed by atoms with Gasteiger partial charge in [-0.05, 0) is 58.6 Å². The Hall–Kier alpha value is -2.14. The summed E-state index contributed by atoms with van der Waals surface area (Å²) in [5, 5.41) is 8.24. The molecule has 2 aliphatic rings. The van der Waals surface area contributed by atoms with Crippen LogP contribution in [0.2, 0.25) is 0 Å². The van der Waals surface area contributed by atoms with Crippen LogP contribution in [0.4, 0.5) is 0 Å². The fraction of sp³-hybridized carbons (Fsp3) is 0.667. The maximum atomic E-state index is 13.4. The largest absolute Gasteiger partial charge is 0.385 e. The Morgan fingerprint density at radius 1 is 1.45 bits per heavy atom. The molecule has 1 aromatic heterocycles. The minimum absolute atomic E-state index is 0.0674. The number of allylic oxidation sites excluding steroid dienone is 1. The zero-order valence-corrected chi connectivity index (χ0v) is 19.3. The van der Waals surface area contributed by atoms with Crippen LogP contribution in [-0.2, 0) is 20.8 Å². The number of carbonyl (C=O) groups is 1. The van der Waals surface area contributed by atoms with Crippen LogP contribution in [0.3, 0.4) is 0 Å². The number of carbonyl (C=O) groups excluding carboxylic acids is 1. The smallest absolute Gasteiger partial charge is 0.253 e. The lowest BCUT2D eigenvalue weighted by Crippen LogP contribution is -2.50. The first-order valence-electron chi connectivity index (χ1n) is 11.4. The van der Waals surface area contributed by atoms with E-state index >= 15 is 0 Å². The second-order valence-corrected chi connectivity index (χ2v) is 8.25. The van der Waals surface area contributed by atoms with Gasteiger partial charge in [-0.3, -0.25) is 9.48 Å². The lowest BCUT2D eigenvalue weighted by molar-refractivity contribution is -0.148. The molecule has 0 aromatic carbocycles. The highest BCUT2D eigenvalue weighted by Gasteiger charge is 2.41. The molecule has 1 aromatic rings. The molecule has 2 heterocycles. The van der Waals surface area contributed by atoms with Crippen molar-refractivity contribution in [2.75, 3.05) is 33.4 Å². The van der Waals surface area contributed by atoms with Crippen molar-refractivity contribution in [1.82, 2.24) is 20.0 Å². The number of rotatable bonds is 10. The first-order chi connectivity index (χ1) is 15.1. The lowest BCUT2D eigenvalue weighted by atomic mass is 10.0. The van der Waals surface area contributed by atoms with Gasteiger partial charge in [0.2, 0.25) is 0 Å². The van der Waals surface area contributed by atoms with E-state index in [0.717, 1.165) is 62.3 Å². The van der Waals surface area contributed by atoms with Gasteiger partial charge in [0.05, 0.1) is 18.3 Å². The van der Waals surface area contributed by atoms with E-state index in [9.17, 15) is 4.79 Å². The van der Waals surface area contributed by atoms with Crippen LogP contribution < -0.4 is 5.32 Å². The van der Waals surface area contributed by atoms with Crippen LogP contribution in [-0.4, -0.2) is 66.1 Å². The average molecular weight is 429 g/mol. The predicted octanol–water partition coefficient (Wildman–Crippen LogP) is 2.70. The minimum atomic E-state index is -0.418. The van der Waals surface area contributed by atoms with Crippen LogP contribution in [0.15, 0.2) is 6.08 Å². The number of hydrogen-bond donors (Lipinski definition) is 1. The number of aryl methyl sites for hydroxylation is 1. The normalized spacial score (nSPS) is 19.8. The van der Waals surface area contributed by atoms with E-state index < -0.39 is 6.10 Å². The summed E-state index contributed by atoms with van der Waals surface area (Å²) in [7, 11) is 1.73. The van der Waals surface area contributed by atoms with Crippen molar-refractivity contribution < 1.29 is 14.3 Å². The summed E-state index contributed by atoms with van der Waals surface area (Å²) in [6.45, 7) is 9.52. The third-order valence-electron chi connectivity index (χ3n) is 5.94. The maximum absolute atomic E-state index is 13.4. The molecule has 7 nitrogen and oxygen atoms in total. The zero-order valence-electron chi connectivity index (χ0n) is 19.3.